The molecule has 0 atom stereocenters. The summed E-state index contributed by atoms with van der Waals surface area (Å²) in [5.74, 6) is -0.827. The maximum atomic E-state index is 12.2. The number of rotatable bonds is 8. The fraction of sp³-hybridized carbons (Fsp3) is 0.250. The Hall–Kier alpha value is -2.80. The standard InChI is InChI=1S/C20H22N2O4S/c1-14-3-9-17(10-4-14)21-18(23)12-27-13-19(24)22(2)11-15-5-7-16(8-6-15)20(25)26/h3-10H,11-13H2,1-2H3,(H,21,23)(H,25,26). The minimum absolute atomic E-state index is 0.0922. The number of aromatic carboxylic acids is 1. The maximum Gasteiger partial charge on any atom is 0.335 e. The minimum atomic E-state index is -0.980. The van der Waals surface area contributed by atoms with Gasteiger partial charge in [0.05, 0.1) is 17.1 Å². The normalized spacial score (nSPS) is 10.3. The molecule has 0 fully saturated rings. The summed E-state index contributed by atoms with van der Waals surface area (Å²) in [6.45, 7) is 2.36. The van der Waals surface area contributed by atoms with Gasteiger partial charge in [-0.1, -0.05) is 29.8 Å². The van der Waals surface area contributed by atoms with Gasteiger partial charge in [0.2, 0.25) is 11.8 Å². The van der Waals surface area contributed by atoms with Crippen LogP contribution >= 0.6 is 11.8 Å². The van der Waals surface area contributed by atoms with Crippen molar-refractivity contribution in [3.63, 3.8) is 0 Å². The van der Waals surface area contributed by atoms with Crippen molar-refractivity contribution in [2.24, 2.45) is 0 Å². The zero-order valence-electron chi connectivity index (χ0n) is 15.3. The summed E-state index contributed by atoms with van der Waals surface area (Å²) in [7, 11) is 1.68. The minimum Gasteiger partial charge on any atom is -0.478 e. The van der Waals surface area contributed by atoms with E-state index in [4.69, 9.17) is 5.11 Å². The highest BCUT2D eigenvalue weighted by Gasteiger charge is 2.11. The number of benzene rings is 2. The quantitative estimate of drug-likeness (QED) is 0.728. The van der Waals surface area contributed by atoms with Gasteiger partial charge < -0.3 is 15.3 Å². The second kappa shape index (κ2) is 9.78. The first-order chi connectivity index (χ1) is 12.8. The number of hydrogen-bond donors (Lipinski definition) is 2. The average molecular weight is 386 g/mol. The Balaban J connectivity index is 1.73. The van der Waals surface area contributed by atoms with Gasteiger partial charge in [0.1, 0.15) is 0 Å². The molecule has 6 nitrogen and oxygen atoms in total. The van der Waals surface area contributed by atoms with Gasteiger partial charge >= 0.3 is 5.97 Å². The number of thioether (sulfide) groups is 1. The fourth-order valence-corrected chi connectivity index (χ4v) is 3.04. The summed E-state index contributed by atoms with van der Waals surface area (Å²) in [4.78, 5) is 36.5. The molecule has 0 aliphatic carbocycles. The highest BCUT2D eigenvalue weighted by Crippen LogP contribution is 2.11. The van der Waals surface area contributed by atoms with Crippen LogP contribution in [0.15, 0.2) is 48.5 Å². The predicted molar refractivity (Wildman–Crippen MR) is 107 cm³/mol. The van der Waals surface area contributed by atoms with Crippen molar-refractivity contribution in [1.82, 2.24) is 4.90 Å². The van der Waals surface area contributed by atoms with E-state index in [-0.39, 0.29) is 28.9 Å². The van der Waals surface area contributed by atoms with E-state index < -0.39 is 5.97 Å². The van der Waals surface area contributed by atoms with Crippen LogP contribution in [0.1, 0.15) is 21.5 Å². The first-order valence-electron chi connectivity index (χ1n) is 8.35. The molecule has 0 bridgehead atoms. The van der Waals surface area contributed by atoms with Crippen molar-refractivity contribution in [3.05, 3.63) is 65.2 Å². The summed E-state index contributed by atoms with van der Waals surface area (Å²) in [6.07, 6.45) is 0. The molecule has 2 aromatic rings. The van der Waals surface area contributed by atoms with Crippen LogP contribution in [0.25, 0.3) is 0 Å². The number of nitrogens with zero attached hydrogens (tertiary/aromatic N) is 1. The molecule has 0 aromatic heterocycles. The predicted octanol–water partition coefficient (Wildman–Crippen LogP) is 3.02. The first-order valence-corrected chi connectivity index (χ1v) is 9.51. The van der Waals surface area contributed by atoms with E-state index in [0.29, 0.717) is 6.54 Å². The highest BCUT2D eigenvalue weighted by atomic mass is 32.2. The Bertz CT molecular complexity index is 804. The topological polar surface area (TPSA) is 86.7 Å². The molecule has 2 rings (SSSR count). The summed E-state index contributed by atoms with van der Waals surface area (Å²) in [6, 6.07) is 13.9. The highest BCUT2D eigenvalue weighted by molar-refractivity contribution is 8.00. The summed E-state index contributed by atoms with van der Waals surface area (Å²) < 4.78 is 0. The molecule has 2 N–H and O–H groups in total. The van der Waals surface area contributed by atoms with Crippen LogP contribution in [0.5, 0.6) is 0 Å². The molecular formula is C20H22N2O4S. The molecule has 142 valence electrons. The van der Waals surface area contributed by atoms with Crippen molar-refractivity contribution in [3.8, 4) is 0 Å². The third-order valence-electron chi connectivity index (χ3n) is 3.84. The van der Waals surface area contributed by atoms with Gasteiger partial charge in [0, 0.05) is 19.3 Å². The molecule has 0 aliphatic rings. The van der Waals surface area contributed by atoms with Crippen LogP contribution in [-0.2, 0) is 16.1 Å². The number of carboxylic acids is 1. The molecule has 0 saturated heterocycles. The lowest BCUT2D eigenvalue weighted by Crippen LogP contribution is -2.28. The van der Waals surface area contributed by atoms with Crippen LogP contribution in [0.4, 0.5) is 5.69 Å². The second-order valence-electron chi connectivity index (χ2n) is 6.16. The van der Waals surface area contributed by atoms with Gasteiger partial charge in [-0.15, -0.1) is 11.8 Å². The smallest absolute Gasteiger partial charge is 0.335 e. The van der Waals surface area contributed by atoms with E-state index in [2.05, 4.69) is 5.32 Å². The van der Waals surface area contributed by atoms with E-state index >= 15 is 0 Å². The largest absolute Gasteiger partial charge is 0.478 e. The number of anilines is 1. The van der Waals surface area contributed by atoms with Gasteiger partial charge in [0.15, 0.2) is 0 Å². The molecule has 0 aliphatic heterocycles. The Morgan fingerprint density at radius 3 is 2.22 bits per heavy atom. The lowest BCUT2D eigenvalue weighted by Gasteiger charge is -2.17. The van der Waals surface area contributed by atoms with Gasteiger partial charge in [0.25, 0.3) is 0 Å². The SMILES string of the molecule is Cc1ccc(NC(=O)CSCC(=O)N(C)Cc2ccc(C(=O)O)cc2)cc1. The third kappa shape index (κ3) is 6.79. The molecule has 0 radical (unpaired) electrons. The van der Waals surface area contributed by atoms with E-state index in [0.717, 1.165) is 16.8 Å². The zero-order valence-corrected chi connectivity index (χ0v) is 16.1. The number of aryl methyl sites for hydroxylation is 1. The number of hydrogen-bond acceptors (Lipinski definition) is 4. The van der Waals surface area contributed by atoms with E-state index in [9.17, 15) is 14.4 Å². The van der Waals surface area contributed by atoms with Crippen LogP contribution in [-0.4, -0.2) is 46.3 Å². The van der Waals surface area contributed by atoms with Gasteiger partial charge in [-0.25, -0.2) is 4.79 Å². The van der Waals surface area contributed by atoms with Crippen molar-refractivity contribution >= 4 is 35.2 Å². The fourth-order valence-electron chi connectivity index (χ4n) is 2.29. The number of nitrogens with one attached hydrogen (secondary N) is 1. The lowest BCUT2D eigenvalue weighted by molar-refractivity contribution is -0.127. The summed E-state index contributed by atoms with van der Waals surface area (Å²) in [5.41, 5.74) is 2.91. The monoisotopic (exact) mass is 386 g/mol. The number of amides is 2. The molecule has 7 heteroatoms. The molecular weight excluding hydrogens is 364 g/mol. The van der Waals surface area contributed by atoms with Crippen LogP contribution in [0.3, 0.4) is 0 Å². The van der Waals surface area contributed by atoms with E-state index in [1.165, 1.54) is 23.9 Å². The molecule has 0 saturated carbocycles. The van der Waals surface area contributed by atoms with Crippen molar-refractivity contribution in [2.45, 2.75) is 13.5 Å². The van der Waals surface area contributed by atoms with E-state index in [1.54, 1.807) is 24.1 Å². The summed E-state index contributed by atoms with van der Waals surface area (Å²) in [5, 5.41) is 11.7. The van der Waals surface area contributed by atoms with Gasteiger partial charge in [-0.3, -0.25) is 9.59 Å². The van der Waals surface area contributed by atoms with Crippen molar-refractivity contribution in [1.29, 1.82) is 0 Å². The van der Waals surface area contributed by atoms with Crippen LogP contribution in [0.2, 0.25) is 0 Å². The van der Waals surface area contributed by atoms with Crippen LogP contribution in [0, 0.1) is 6.92 Å². The molecule has 0 spiro atoms. The molecule has 2 aromatic carbocycles. The number of carbonyl (C=O) groups excluding carboxylic acids is 2. The second-order valence-corrected chi connectivity index (χ2v) is 7.14. The van der Waals surface area contributed by atoms with Crippen LogP contribution < -0.4 is 5.32 Å². The van der Waals surface area contributed by atoms with Gasteiger partial charge in [-0.05, 0) is 36.8 Å². The number of carboxylic acid groups (broad SMARTS) is 1. The molecule has 27 heavy (non-hydrogen) atoms. The Kier molecular flexibility index (Phi) is 7.43. The third-order valence-corrected chi connectivity index (χ3v) is 4.76. The zero-order chi connectivity index (χ0) is 19.8. The molecule has 0 heterocycles. The van der Waals surface area contributed by atoms with Crippen molar-refractivity contribution < 1.29 is 19.5 Å². The Morgan fingerprint density at radius 1 is 1.00 bits per heavy atom. The molecule has 2 amide bonds. The van der Waals surface area contributed by atoms with Gasteiger partial charge in [-0.2, -0.15) is 0 Å². The van der Waals surface area contributed by atoms with E-state index in [1.807, 2.05) is 31.2 Å². The first kappa shape index (κ1) is 20.5. The lowest BCUT2D eigenvalue weighted by atomic mass is 10.1. The maximum absolute atomic E-state index is 12.2. The van der Waals surface area contributed by atoms with Crippen molar-refractivity contribution in [2.75, 3.05) is 23.9 Å². The molecule has 0 unspecified atom stereocenters. The summed E-state index contributed by atoms with van der Waals surface area (Å²) >= 11 is 1.26. The Morgan fingerprint density at radius 2 is 1.63 bits per heavy atom. The average Bonchev–Trinajstić information content (AvgIpc) is 2.64. The Labute approximate surface area is 162 Å². The number of carbonyl (C=O) groups is 3.